The number of benzene rings is 2. The van der Waals surface area contributed by atoms with Crippen LogP contribution in [0.3, 0.4) is 0 Å². The van der Waals surface area contributed by atoms with Crippen molar-refractivity contribution in [2.45, 2.75) is 46.5 Å². The van der Waals surface area contributed by atoms with Gasteiger partial charge in [0.15, 0.2) is 0 Å². The second kappa shape index (κ2) is 13.9. The molecule has 0 bridgehead atoms. The fourth-order valence-electron chi connectivity index (χ4n) is 2.74. The second-order valence-electron chi connectivity index (χ2n) is 6.50. The van der Waals surface area contributed by atoms with Crippen LogP contribution in [-0.4, -0.2) is 11.9 Å². The van der Waals surface area contributed by atoms with Crippen LogP contribution in [-0.2, 0) is 16.5 Å². The SMILES string of the molecule is C/C=C\c1ccc(N=CC(CCCCC)=Nc2ccc(/C=C\C)cc2)cc1.[Ni]. The van der Waals surface area contributed by atoms with Gasteiger partial charge in [0.2, 0.25) is 0 Å². The third-order valence-corrected chi connectivity index (χ3v) is 4.18. The number of aliphatic imine (C=N–C) groups is 2. The molecule has 0 aliphatic rings. The summed E-state index contributed by atoms with van der Waals surface area (Å²) in [5, 5.41) is 0. The van der Waals surface area contributed by atoms with E-state index in [1.165, 1.54) is 24.0 Å². The quantitative estimate of drug-likeness (QED) is 0.226. The third kappa shape index (κ3) is 8.63. The van der Waals surface area contributed by atoms with Crippen LogP contribution in [0.15, 0.2) is 70.7 Å². The molecule has 150 valence electrons. The Labute approximate surface area is 180 Å². The van der Waals surface area contributed by atoms with Gasteiger partial charge in [0.1, 0.15) is 0 Å². The zero-order valence-corrected chi connectivity index (χ0v) is 18.0. The molecule has 2 nitrogen and oxygen atoms in total. The summed E-state index contributed by atoms with van der Waals surface area (Å²) in [6, 6.07) is 16.6. The van der Waals surface area contributed by atoms with E-state index in [1.807, 2.05) is 44.3 Å². The van der Waals surface area contributed by atoms with Crippen molar-refractivity contribution in [3.8, 4) is 0 Å². The summed E-state index contributed by atoms with van der Waals surface area (Å²) in [6.45, 7) is 6.27. The second-order valence-corrected chi connectivity index (χ2v) is 6.50. The summed E-state index contributed by atoms with van der Waals surface area (Å²) in [6.07, 6.45) is 14.7. The predicted octanol–water partition coefficient (Wildman–Crippen LogP) is 7.81. The van der Waals surface area contributed by atoms with Gasteiger partial charge in [-0.05, 0) is 62.1 Å². The molecule has 2 aromatic carbocycles. The fraction of sp³-hybridized carbons (Fsp3) is 0.280. The number of nitrogens with zero attached hydrogens (tertiary/aromatic N) is 2. The van der Waals surface area contributed by atoms with Crippen molar-refractivity contribution in [3.63, 3.8) is 0 Å². The van der Waals surface area contributed by atoms with Gasteiger partial charge in [0, 0.05) is 22.7 Å². The van der Waals surface area contributed by atoms with Gasteiger partial charge < -0.3 is 0 Å². The van der Waals surface area contributed by atoms with Crippen LogP contribution in [0.4, 0.5) is 11.4 Å². The van der Waals surface area contributed by atoms with Gasteiger partial charge in [-0.25, -0.2) is 0 Å². The molecule has 0 spiro atoms. The molecule has 0 aliphatic heterocycles. The maximum Gasteiger partial charge on any atom is 0.0634 e. The number of allylic oxidation sites excluding steroid dienone is 2. The largest absolute Gasteiger partial charge is 0.255 e. The molecule has 2 aromatic rings. The summed E-state index contributed by atoms with van der Waals surface area (Å²) < 4.78 is 0. The third-order valence-electron chi connectivity index (χ3n) is 4.18. The average molecular weight is 417 g/mol. The molecule has 0 atom stereocenters. The zero-order valence-electron chi connectivity index (χ0n) is 17.0. The van der Waals surface area contributed by atoms with Crippen molar-refractivity contribution in [1.82, 2.24) is 0 Å². The van der Waals surface area contributed by atoms with Crippen molar-refractivity contribution in [2.75, 3.05) is 0 Å². The van der Waals surface area contributed by atoms with Crippen molar-refractivity contribution < 1.29 is 16.5 Å². The number of hydrogen-bond acceptors (Lipinski definition) is 2. The molecule has 0 unspecified atom stereocenters. The first-order valence-corrected chi connectivity index (χ1v) is 9.82. The Morgan fingerprint density at radius 2 is 1.32 bits per heavy atom. The molecule has 0 saturated heterocycles. The Morgan fingerprint density at radius 3 is 1.82 bits per heavy atom. The van der Waals surface area contributed by atoms with Crippen LogP contribution in [0.5, 0.6) is 0 Å². The smallest absolute Gasteiger partial charge is 0.0634 e. The molecule has 0 fully saturated rings. The van der Waals surface area contributed by atoms with E-state index in [0.29, 0.717) is 0 Å². The van der Waals surface area contributed by atoms with Crippen LogP contribution in [0.1, 0.15) is 57.6 Å². The minimum atomic E-state index is 0. The van der Waals surface area contributed by atoms with Gasteiger partial charge in [0.25, 0.3) is 0 Å². The molecule has 3 heteroatoms. The predicted molar refractivity (Wildman–Crippen MR) is 122 cm³/mol. The van der Waals surface area contributed by atoms with Gasteiger partial charge in [0.05, 0.1) is 17.1 Å². The van der Waals surface area contributed by atoms with E-state index >= 15 is 0 Å². The first-order chi connectivity index (χ1) is 13.2. The summed E-state index contributed by atoms with van der Waals surface area (Å²) in [5.41, 5.74) is 5.34. The van der Waals surface area contributed by atoms with Crippen molar-refractivity contribution in [2.24, 2.45) is 9.98 Å². The Hall–Kier alpha value is -2.25. The minimum absolute atomic E-state index is 0. The molecule has 0 aliphatic carbocycles. The molecule has 0 N–H and O–H groups in total. The van der Waals surface area contributed by atoms with Gasteiger partial charge in [-0.2, -0.15) is 0 Å². The number of hydrogen-bond donors (Lipinski definition) is 0. The average Bonchev–Trinajstić information content (AvgIpc) is 2.69. The molecule has 0 aromatic heterocycles. The topological polar surface area (TPSA) is 24.7 Å². The molecule has 0 saturated carbocycles. The van der Waals surface area contributed by atoms with Crippen LogP contribution in [0.2, 0.25) is 0 Å². The molecular weight excluding hydrogens is 387 g/mol. The van der Waals surface area contributed by atoms with E-state index in [9.17, 15) is 0 Å². The standard InChI is InChI=1S/C25H30N2.Ni/c1-4-7-8-11-25(27-24-18-14-22(10-6-3)15-19-24)20-26-23-16-12-21(9-5-2)13-17-23;/h5-6,9-10,12-20H,4,7-8,11H2,1-3H3;/b9-5-,10-6-,26-20?,27-25?;. The van der Waals surface area contributed by atoms with Gasteiger partial charge in [-0.3, -0.25) is 9.98 Å². The van der Waals surface area contributed by atoms with Gasteiger partial charge >= 0.3 is 0 Å². The van der Waals surface area contributed by atoms with Crippen molar-refractivity contribution in [1.29, 1.82) is 0 Å². The Balaban J connectivity index is 0.00000392. The number of unbranched alkanes of at least 4 members (excludes halogenated alkanes) is 2. The molecule has 0 radical (unpaired) electrons. The monoisotopic (exact) mass is 416 g/mol. The molecule has 28 heavy (non-hydrogen) atoms. The molecular formula is C25H30N2Ni. The van der Waals surface area contributed by atoms with Crippen LogP contribution < -0.4 is 0 Å². The minimum Gasteiger partial charge on any atom is -0.255 e. The van der Waals surface area contributed by atoms with E-state index in [2.05, 4.69) is 60.5 Å². The first-order valence-electron chi connectivity index (χ1n) is 9.82. The summed E-state index contributed by atoms with van der Waals surface area (Å²) in [4.78, 5) is 9.46. The van der Waals surface area contributed by atoms with Crippen molar-refractivity contribution in [3.05, 3.63) is 71.8 Å². The molecule has 0 heterocycles. The van der Waals surface area contributed by atoms with E-state index < -0.39 is 0 Å². The van der Waals surface area contributed by atoms with E-state index in [4.69, 9.17) is 4.99 Å². The van der Waals surface area contributed by atoms with Crippen LogP contribution >= 0.6 is 0 Å². The van der Waals surface area contributed by atoms with E-state index in [-0.39, 0.29) is 16.5 Å². The summed E-state index contributed by atoms with van der Waals surface area (Å²) in [5.74, 6) is 0. The Morgan fingerprint density at radius 1 is 0.786 bits per heavy atom. The zero-order chi connectivity index (χ0) is 19.3. The van der Waals surface area contributed by atoms with Crippen LogP contribution in [0, 0.1) is 0 Å². The molecule has 0 amide bonds. The maximum atomic E-state index is 4.83. The number of rotatable bonds is 9. The first kappa shape index (κ1) is 23.8. The summed E-state index contributed by atoms with van der Waals surface area (Å²) >= 11 is 0. The normalized spacial score (nSPS) is 12.2. The fourth-order valence-corrected chi connectivity index (χ4v) is 2.74. The van der Waals surface area contributed by atoms with Gasteiger partial charge in [-0.1, -0.05) is 68.3 Å². The van der Waals surface area contributed by atoms with E-state index in [0.717, 1.165) is 29.9 Å². The summed E-state index contributed by atoms with van der Waals surface area (Å²) in [7, 11) is 0. The van der Waals surface area contributed by atoms with Gasteiger partial charge in [-0.15, -0.1) is 0 Å². The maximum absolute atomic E-state index is 4.83. The van der Waals surface area contributed by atoms with Crippen molar-refractivity contribution >= 4 is 35.5 Å². The molecule has 2 rings (SSSR count). The Bertz CT molecular complexity index is 797. The Kier molecular flexibility index (Phi) is 11.8. The van der Waals surface area contributed by atoms with Crippen LogP contribution in [0.25, 0.3) is 12.2 Å². The van der Waals surface area contributed by atoms with E-state index in [1.54, 1.807) is 0 Å².